The molecule has 0 radical (unpaired) electrons. The Morgan fingerprint density at radius 1 is 1.32 bits per heavy atom. The predicted molar refractivity (Wildman–Crippen MR) is 91.2 cm³/mol. The Kier molecular flexibility index (Phi) is 4.38. The van der Waals surface area contributed by atoms with E-state index < -0.39 is 21.2 Å². The van der Waals surface area contributed by atoms with Crippen molar-refractivity contribution in [2.75, 3.05) is 6.54 Å². The molecular weight excluding hydrogens is 344 g/mol. The Morgan fingerprint density at radius 3 is 2.64 bits per heavy atom. The highest BCUT2D eigenvalue weighted by Gasteiger charge is 2.30. The molecule has 2 heterocycles. The van der Waals surface area contributed by atoms with Gasteiger partial charge >= 0.3 is 5.97 Å². The molecule has 0 saturated carbocycles. The van der Waals surface area contributed by atoms with Gasteiger partial charge in [0.15, 0.2) is 5.69 Å². The van der Waals surface area contributed by atoms with Crippen LogP contribution in [-0.2, 0) is 23.0 Å². The summed E-state index contributed by atoms with van der Waals surface area (Å²) in [5.74, 6) is -1.12. The van der Waals surface area contributed by atoms with Crippen LogP contribution in [0.5, 0.6) is 0 Å². The molecule has 2 aromatic rings. The molecule has 0 amide bonds. The maximum atomic E-state index is 12.4. The van der Waals surface area contributed by atoms with E-state index in [2.05, 4.69) is 10.3 Å². The lowest BCUT2D eigenvalue weighted by atomic mass is 9.99. The van der Waals surface area contributed by atoms with Gasteiger partial charge in [-0.05, 0) is 44.4 Å². The summed E-state index contributed by atoms with van der Waals surface area (Å²) in [7, 11) is -3.31. The average Bonchev–Trinajstić information content (AvgIpc) is 2.95. The fourth-order valence-corrected chi connectivity index (χ4v) is 4.29. The van der Waals surface area contributed by atoms with Crippen molar-refractivity contribution in [2.45, 2.75) is 39.0 Å². The Balaban J connectivity index is 2.02. The molecule has 1 aliphatic rings. The first-order valence-corrected chi connectivity index (χ1v) is 9.49. The van der Waals surface area contributed by atoms with Gasteiger partial charge in [-0.3, -0.25) is 0 Å². The van der Waals surface area contributed by atoms with Gasteiger partial charge in [-0.1, -0.05) is 17.3 Å². The van der Waals surface area contributed by atoms with Crippen molar-refractivity contribution >= 4 is 16.0 Å². The van der Waals surface area contributed by atoms with Crippen LogP contribution in [0.25, 0.3) is 5.69 Å². The lowest BCUT2D eigenvalue weighted by Gasteiger charge is -2.30. The molecule has 0 spiro atoms. The number of nitrogens with zero attached hydrogens (tertiary/aromatic N) is 4. The normalized spacial score (nSPS) is 15.4. The van der Waals surface area contributed by atoms with Crippen molar-refractivity contribution in [3.8, 4) is 5.69 Å². The highest BCUT2D eigenvalue weighted by molar-refractivity contribution is 7.89. The van der Waals surface area contributed by atoms with Crippen LogP contribution in [0.3, 0.4) is 0 Å². The minimum absolute atomic E-state index is 0.0857. The molecule has 0 saturated heterocycles. The highest BCUT2D eigenvalue weighted by atomic mass is 32.2. The molecule has 1 aromatic heterocycles. The molecular formula is C16H20N4O4S. The standard InChI is InChI=1S/C16H20N4O4S/c1-10(2)25(23,24)19-8-7-13-12(9-19)5-4-6-14(13)20-11(3)15(16(21)22)17-18-20/h4-6,10H,7-9H2,1-3H3,(H,21,22). The first kappa shape index (κ1) is 17.6. The molecule has 0 aliphatic carbocycles. The topological polar surface area (TPSA) is 105 Å². The summed E-state index contributed by atoms with van der Waals surface area (Å²) < 4.78 is 27.8. The first-order chi connectivity index (χ1) is 11.7. The highest BCUT2D eigenvalue weighted by Crippen LogP contribution is 2.28. The third-order valence-corrected chi connectivity index (χ3v) is 6.71. The zero-order valence-electron chi connectivity index (χ0n) is 14.3. The van der Waals surface area contributed by atoms with E-state index in [1.165, 1.54) is 8.99 Å². The molecule has 25 heavy (non-hydrogen) atoms. The summed E-state index contributed by atoms with van der Waals surface area (Å²) in [6, 6.07) is 5.56. The minimum atomic E-state index is -3.31. The number of hydrogen-bond acceptors (Lipinski definition) is 5. The smallest absolute Gasteiger partial charge is 0.358 e. The van der Waals surface area contributed by atoms with Crippen LogP contribution in [0.15, 0.2) is 18.2 Å². The lowest BCUT2D eigenvalue weighted by molar-refractivity contribution is 0.0689. The van der Waals surface area contributed by atoms with Crippen molar-refractivity contribution in [2.24, 2.45) is 0 Å². The van der Waals surface area contributed by atoms with Gasteiger partial charge in [-0.2, -0.15) is 4.31 Å². The molecule has 3 rings (SSSR count). The molecule has 0 atom stereocenters. The van der Waals surface area contributed by atoms with E-state index in [1.807, 2.05) is 18.2 Å². The van der Waals surface area contributed by atoms with Crippen LogP contribution in [0, 0.1) is 6.92 Å². The van der Waals surface area contributed by atoms with E-state index in [1.54, 1.807) is 20.8 Å². The van der Waals surface area contributed by atoms with Crippen molar-refractivity contribution < 1.29 is 18.3 Å². The van der Waals surface area contributed by atoms with E-state index in [4.69, 9.17) is 5.11 Å². The molecule has 1 aliphatic heterocycles. The summed E-state index contributed by atoms with van der Waals surface area (Å²) >= 11 is 0. The third-order valence-electron chi connectivity index (χ3n) is 4.49. The van der Waals surface area contributed by atoms with Gasteiger partial charge in [0, 0.05) is 13.1 Å². The summed E-state index contributed by atoms with van der Waals surface area (Å²) in [6.45, 7) is 5.70. The number of carboxylic acids is 1. The van der Waals surface area contributed by atoms with E-state index >= 15 is 0 Å². The third kappa shape index (κ3) is 2.93. The number of hydrogen-bond donors (Lipinski definition) is 1. The quantitative estimate of drug-likeness (QED) is 0.878. The monoisotopic (exact) mass is 364 g/mol. The summed E-state index contributed by atoms with van der Waals surface area (Å²) in [5.41, 5.74) is 2.98. The number of fused-ring (bicyclic) bond motifs is 1. The van der Waals surface area contributed by atoms with Gasteiger partial charge in [0.05, 0.1) is 16.6 Å². The maximum Gasteiger partial charge on any atom is 0.358 e. The minimum Gasteiger partial charge on any atom is -0.476 e. The second-order valence-electron chi connectivity index (χ2n) is 6.33. The molecule has 0 bridgehead atoms. The zero-order valence-corrected chi connectivity index (χ0v) is 15.1. The first-order valence-electron chi connectivity index (χ1n) is 7.99. The fraction of sp³-hybridized carbons (Fsp3) is 0.438. The van der Waals surface area contributed by atoms with Gasteiger partial charge in [-0.25, -0.2) is 17.9 Å². The molecule has 9 heteroatoms. The summed E-state index contributed by atoms with van der Waals surface area (Å²) in [4.78, 5) is 11.2. The summed E-state index contributed by atoms with van der Waals surface area (Å²) in [6.07, 6.45) is 0.541. The lowest BCUT2D eigenvalue weighted by Crippen LogP contribution is -2.40. The van der Waals surface area contributed by atoms with E-state index in [0.717, 1.165) is 16.8 Å². The molecule has 0 unspecified atom stereocenters. The van der Waals surface area contributed by atoms with Crippen LogP contribution < -0.4 is 0 Å². The van der Waals surface area contributed by atoms with Crippen LogP contribution >= 0.6 is 0 Å². The van der Waals surface area contributed by atoms with Gasteiger partial charge < -0.3 is 5.11 Å². The van der Waals surface area contributed by atoms with Crippen molar-refractivity contribution in [3.63, 3.8) is 0 Å². The number of rotatable bonds is 4. The van der Waals surface area contributed by atoms with E-state index in [-0.39, 0.29) is 5.69 Å². The Hall–Kier alpha value is -2.26. The van der Waals surface area contributed by atoms with Crippen molar-refractivity contribution in [1.82, 2.24) is 19.3 Å². The SMILES string of the molecule is Cc1c(C(=O)O)nnn1-c1cccc2c1CCN(S(=O)(=O)C(C)C)C2. The number of aromatic nitrogens is 3. The summed E-state index contributed by atoms with van der Waals surface area (Å²) in [5, 5.41) is 16.4. The van der Waals surface area contributed by atoms with Crippen LogP contribution in [0.1, 0.15) is 41.2 Å². The van der Waals surface area contributed by atoms with Crippen molar-refractivity contribution in [1.29, 1.82) is 0 Å². The molecule has 1 aromatic carbocycles. The van der Waals surface area contributed by atoms with E-state index in [9.17, 15) is 13.2 Å². The Labute approximate surface area is 146 Å². The van der Waals surface area contributed by atoms with Gasteiger partial charge in [0.25, 0.3) is 0 Å². The maximum absolute atomic E-state index is 12.4. The second kappa shape index (κ2) is 6.23. The van der Waals surface area contributed by atoms with Crippen LogP contribution in [-0.4, -0.2) is 50.6 Å². The van der Waals surface area contributed by atoms with E-state index in [0.29, 0.717) is 25.2 Å². The number of carboxylic acid groups (broad SMARTS) is 1. The van der Waals surface area contributed by atoms with Crippen LogP contribution in [0.2, 0.25) is 0 Å². The Morgan fingerprint density at radius 2 is 2.04 bits per heavy atom. The van der Waals surface area contributed by atoms with Gasteiger partial charge in [-0.15, -0.1) is 5.10 Å². The fourth-order valence-electron chi connectivity index (χ4n) is 3.03. The zero-order chi connectivity index (χ0) is 18.4. The molecule has 0 fully saturated rings. The number of sulfonamides is 1. The van der Waals surface area contributed by atoms with Gasteiger partial charge in [0.1, 0.15) is 0 Å². The molecule has 8 nitrogen and oxygen atoms in total. The largest absolute Gasteiger partial charge is 0.476 e. The molecule has 1 N–H and O–H groups in total. The predicted octanol–water partition coefficient (Wildman–Crippen LogP) is 1.37. The average molecular weight is 364 g/mol. The van der Waals surface area contributed by atoms with Crippen molar-refractivity contribution in [3.05, 3.63) is 40.7 Å². The molecule has 134 valence electrons. The Bertz CT molecular complexity index is 934. The van der Waals surface area contributed by atoms with Crippen LogP contribution in [0.4, 0.5) is 0 Å². The number of aromatic carboxylic acids is 1. The second-order valence-corrected chi connectivity index (χ2v) is 8.82. The number of carbonyl (C=O) groups is 1. The van der Waals surface area contributed by atoms with Gasteiger partial charge in [0.2, 0.25) is 10.0 Å². The number of benzene rings is 1.